The van der Waals surface area contributed by atoms with Gasteiger partial charge in [0.15, 0.2) is 0 Å². The molecular formula is C27H30Cl2O3S. The first kappa shape index (κ1) is 24.7. The summed E-state index contributed by atoms with van der Waals surface area (Å²) in [5.74, 6) is -0.0263. The summed E-state index contributed by atoms with van der Waals surface area (Å²) in [4.78, 5) is 2.18. The van der Waals surface area contributed by atoms with Gasteiger partial charge < -0.3 is 14.9 Å². The standard InChI is InChI=1S/C27H30Cl2O3S/c28-25-21(22(27(31)26(25)29)17-32-16-19-9-5-2-6-10-19)13-11-20-12-14-24(33-20)23(30)15-18-7-3-1-4-8-18/h1-10,12,14,21-23,25-27,30-31H,11,13,15-17H2/t21-,22-,23?,25?,26?,27?/m1/s1. The molecule has 0 radical (unpaired) electrons. The Labute approximate surface area is 210 Å². The number of aliphatic hydroxyl groups excluding tert-OH is 2. The van der Waals surface area contributed by atoms with Crippen LogP contribution >= 0.6 is 34.5 Å². The second-order valence-electron chi connectivity index (χ2n) is 8.76. The Kier molecular flexibility index (Phi) is 8.86. The average molecular weight is 506 g/mol. The first-order chi connectivity index (χ1) is 16.0. The third-order valence-electron chi connectivity index (χ3n) is 6.46. The monoisotopic (exact) mass is 504 g/mol. The smallest absolute Gasteiger partial charge is 0.0922 e. The van der Waals surface area contributed by atoms with Gasteiger partial charge in [-0.2, -0.15) is 0 Å². The second-order valence-corrected chi connectivity index (χ2v) is 11.0. The second kappa shape index (κ2) is 11.8. The van der Waals surface area contributed by atoms with Gasteiger partial charge in [0, 0.05) is 22.1 Å². The number of benzene rings is 2. The molecule has 33 heavy (non-hydrogen) atoms. The zero-order valence-corrected chi connectivity index (χ0v) is 20.7. The Morgan fingerprint density at radius 3 is 2.21 bits per heavy atom. The zero-order chi connectivity index (χ0) is 23.2. The maximum absolute atomic E-state index is 10.7. The van der Waals surface area contributed by atoms with Crippen LogP contribution in [0.5, 0.6) is 0 Å². The van der Waals surface area contributed by atoms with Gasteiger partial charge in [-0.25, -0.2) is 0 Å². The highest BCUT2D eigenvalue weighted by Gasteiger charge is 2.48. The third kappa shape index (κ3) is 6.39. The van der Waals surface area contributed by atoms with E-state index in [4.69, 9.17) is 27.9 Å². The Hall–Kier alpha value is -1.40. The van der Waals surface area contributed by atoms with Crippen LogP contribution in [0.25, 0.3) is 0 Å². The van der Waals surface area contributed by atoms with Crippen LogP contribution in [0, 0.1) is 11.8 Å². The topological polar surface area (TPSA) is 49.7 Å². The molecule has 176 valence electrons. The molecule has 2 aromatic carbocycles. The van der Waals surface area contributed by atoms with Gasteiger partial charge in [0.25, 0.3) is 0 Å². The van der Waals surface area contributed by atoms with Crippen molar-refractivity contribution in [1.82, 2.24) is 0 Å². The molecule has 3 nitrogen and oxygen atoms in total. The number of ether oxygens (including phenoxy) is 1. The highest BCUT2D eigenvalue weighted by Crippen LogP contribution is 2.42. The van der Waals surface area contributed by atoms with Gasteiger partial charge in [0.05, 0.1) is 36.2 Å². The lowest BCUT2D eigenvalue weighted by Crippen LogP contribution is -2.28. The van der Waals surface area contributed by atoms with Gasteiger partial charge in [-0.15, -0.1) is 34.5 Å². The number of alkyl halides is 2. The predicted molar refractivity (Wildman–Crippen MR) is 136 cm³/mol. The van der Waals surface area contributed by atoms with E-state index in [1.165, 1.54) is 4.88 Å². The number of hydrogen-bond acceptors (Lipinski definition) is 4. The molecule has 3 aromatic rings. The molecule has 0 aliphatic heterocycles. The van der Waals surface area contributed by atoms with Gasteiger partial charge in [0.2, 0.25) is 0 Å². The summed E-state index contributed by atoms with van der Waals surface area (Å²) in [6, 6.07) is 24.1. The van der Waals surface area contributed by atoms with Crippen LogP contribution in [-0.2, 0) is 24.2 Å². The van der Waals surface area contributed by atoms with Gasteiger partial charge in [0.1, 0.15) is 0 Å². The van der Waals surface area contributed by atoms with Crippen LogP contribution in [0.2, 0.25) is 0 Å². The molecular weight excluding hydrogens is 475 g/mol. The minimum absolute atomic E-state index is 0.0692. The number of hydrogen-bond donors (Lipinski definition) is 2. The van der Waals surface area contributed by atoms with Crippen molar-refractivity contribution in [3.63, 3.8) is 0 Å². The lowest BCUT2D eigenvalue weighted by molar-refractivity contribution is 0.0211. The molecule has 1 aliphatic carbocycles. The molecule has 0 saturated heterocycles. The molecule has 1 heterocycles. The van der Waals surface area contributed by atoms with Gasteiger partial charge in [-0.3, -0.25) is 0 Å². The molecule has 4 unspecified atom stereocenters. The number of thiophene rings is 1. The van der Waals surface area contributed by atoms with Crippen LogP contribution in [-0.4, -0.2) is 33.7 Å². The van der Waals surface area contributed by atoms with Gasteiger partial charge >= 0.3 is 0 Å². The van der Waals surface area contributed by atoms with Crippen molar-refractivity contribution < 1.29 is 14.9 Å². The van der Waals surface area contributed by atoms with Crippen LogP contribution in [0.15, 0.2) is 72.8 Å². The molecule has 4 rings (SSSR count). The summed E-state index contributed by atoms with van der Waals surface area (Å²) in [5, 5.41) is 20.5. The van der Waals surface area contributed by atoms with Crippen molar-refractivity contribution in [3.05, 3.63) is 93.7 Å². The fraction of sp³-hybridized carbons (Fsp3) is 0.407. The summed E-state index contributed by atoms with van der Waals surface area (Å²) in [6.45, 7) is 0.933. The maximum atomic E-state index is 10.7. The molecule has 1 aliphatic rings. The number of halogens is 2. The lowest BCUT2D eigenvalue weighted by Gasteiger charge is -2.23. The van der Waals surface area contributed by atoms with E-state index in [0.717, 1.165) is 28.8 Å². The molecule has 0 amide bonds. The largest absolute Gasteiger partial charge is 0.391 e. The van der Waals surface area contributed by atoms with Crippen molar-refractivity contribution in [2.24, 2.45) is 11.8 Å². The average Bonchev–Trinajstić information content (AvgIpc) is 3.39. The minimum atomic E-state index is -0.679. The molecule has 0 bridgehead atoms. The van der Waals surface area contributed by atoms with Crippen LogP contribution in [0.4, 0.5) is 0 Å². The Morgan fingerprint density at radius 2 is 1.52 bits per heavy atom. The molecule has 2 N–H and O–H groups in total. The summed E-state index contributed by atoms with van der Waals surface area (Å²) < 4.78 is 5.94. The quantitative estimate of drug-likeness (QED) is 0.333. The maximum Gasteiger partial charge on any atom is 0.0922 e. The normalized spacial score (nSPS) is 25.9. The van der Waals surface area contributed by atoms with Crippen LogP contribution in [0.1, 0.15) is 33.4 Å². The van der Waals surface area contributed by atoms with E-state index in [0.29, 0.717) is 19.6 Å². The van der Waals surface area contributed by atoms with E-state index < -0.39 is 17.6 Å². The molecule has 6 heteroatoms. The first-order valence-corrected chi connectivity index (χ1v) is 13.1. The summed E-state index contributed by atoms with van der Waals surface area (Å²) >= 11 is 14.7. The summed E-state index contributed by atoms with van der Waals surface area (Å²) in [7, 11) is 0. The SMILES string of the molecule is OC(Cc1ccccc1)c1ccc(CC[C@H]2C(Cl)C(Cl)C(O)[C@@H]2COCc2ccccc2)s1. The zero-order valence-electron chi connectivity index (χ0n) is 18.4. The van der Waals surface area contributed by atoms with E-state index in [2.05, 4.69) is 6.07 Å². The van der Waals surface area contributed by atoms with Crippen molar-refractivity contribution in [1.29, 1.82) is 0 Å². The van der Waals surface area contributed by atoms with E-state index in [1.54, 1.807) is 11.3 Å². The highest BCUT2D eigenvalue weighted by atomic mass is 35.5. The Bertz CT molecular complexity index is 981. The van der Waals surface area contributed by atoms with Crippen molar-refractivity contribution >= 4 is 34.5 Å². The summed E-state index contributed by atoms with van der Waals surface area (Å²) in [6.07, 6.45) is 1.08. The molecule has 1 fully saturated rings. The third-order valence-corrected chi connectivity index (χ3v) is 8.96. The molecule has 1 aromatic heterocycles. The van der Waals surface area contributed by atoms with Gasteiger partial charge in [-0.1, -0.05) is 60.7 Å². The number of aliphatic hydroxyl groups is 2. The Morgan fingerprint density at radius 1 is 0.848 bits per heavy atom. The van der Waals surface area contributed by atoms with Crippen molar-refractivity contribution in [3.8, 4) is 0 Å². The molecule has 1 saturated carbocycles. The van der Waals surface area contributed by atoms with Crippen molar-refractivity contribution in [2.45, 2.75) is 48.8 Å². The minimum Gasteiger partial charge on any atom is -0.391 e. The van der Waals surface area contributed by atoms with E-state index in [-0.39, 0.29) is 17.2 Å². The van der Waals surface area contributed by atoms with E-state index in [9.17, 15) is 10.2 Å². The van der Waals surface area contributed by atoms with Crippen LogP contribution < -0.4 is 0 Å². The van der Waals surface area contributed by atoms with Crippen molar-refractivity contribution in [2.75, 3.05) is 6.61 Å². The van der Waals surface area contributed by atoms with E-state index >= 15 is 0 Å². The van der Waals surface area contributed by atoms with Crippen LogP contribution in [0.3, 0.4) is 0 Å². The molecule has 0 spiro atoms. The lowest BCUT2D eigenvalue weighted by atomic mass is 9.90. The predicted octanol–water partition coefficient (Wildman–Crippen LogP) is 6.00. The highest BCUT2D eigenvalue weighted by molar-refractivity contribution is 7.12. The van der Waals surface area contributed by atoms with Gasteiger partial charge in [-0.05, 0) is 42.0 Å². The Balaban J connectivity index is 1.32. The number of rotatable bonds is 10. The number of aryl methyl sites for hydroxylation is 1. The van der Waals surface area contributed by atoms with E-state index in [1.807, 2.05) is 66.7 Å². The fourth-order valence-electron chi connectivity index (χ4n) is 4.59. The summed E-state index contributed by atoms with van der Waals surface area (Å²) in [5.41, 5.74) is 2.22. The molecule has 6 atom stereocenters. The fourth-order valence-corrected chi connectivity index (χ4v) is 6.44. The first-order valence-electron chi connectivity index (χ1n) is 11.4.